The van der Waals surface area contributed by atoms with Gasteiger partial charge in [0, 0.05) is 0 Å². The van der Waals surface area contributed by atoms with Crippen molar-refractivity contribution in [3.8, 4) is 0 Å². The smallest absolute Gasteiger partial charge is 1.00 e. The molecule has 0 spiro atoms. The van der Waals surface area contributed by atoms with Crippen LogP contribution in [0.15, 0.2) is 0 Å². The molecule has 0 aliphatic carbocycles. The molecule has 0 aromatic rings. The normalized spacial score (nSPS) is 6.89. The van der Waals surface area contributed by atoms with Crippen LogP contribution in [-0.2, 0) is 19.3 Å². The number of hydrogen-bond acceptors (Lipinski definition) is 6. The van der Waals surface area contributed by atoms with Gasteiger partial charge < -0.3 is 11.1 Å². The third-order valence-corrected chi connectivity index (χ3v) is 0.381. The van der Waals surface area contributed by atoms with Crippen LogP contribution in [0.25, 0.3) is 0 Å². The molecule has 0 aromatic heterocycles. The van der Waals surface area contributed by atoms with Crippen molar-refractivity contribution in [1.29, 1.82) is 0 Å². The predicted molar refractivity (Wildman–Crippen MR) is 21.7 cm³/mol. The molecule has 9 heavy (non-hydrogen) atoms. The van der Waals surface area contributed by atoms with Crippen LogP contribution < -0.4 is 41.4 Å². The fraction of sp³-hybridized carbons (Fsp3) is 0. The van der Waals surface area contributed by atoms with Gasteiger partial charge in [-0.1, -0.05) is 0 Å². The van der Waals surface area contributed by atoms with Crippen molar-refractivity contribution >= 4 is 11.9 Å². The molecule has 0 atom stereocenters. The topological polar surface area (TPSA) is 105 Å². The van der Waals surface area contributed by atoms with Crippen molar-refractivity contribution in [3.63, 3.8) is 0 Å². The number of carbonyl (C=O) groups is 2. The van der Waals surface area contributed by atoms with E-state index in [1.165, 1.54) is 0 Å². The molecule has 0 fully saturated rings. The summed E-state index contributed by atoms with van der Waals surface area (Å²) < 4.78 is 0. The van der Waals surface area contributed by atoms with Gasteiger partial charge in [0.25, 0.3) is 0 Å². The van der Waals surface area contributed by atoms with Crippen molar-refractivity contribution in [1.82, 2.24) is 0 Å². The van der Waals surface area contributed by atoms with Crippen molar-refractivity contribution in [2.45, 2.75) is 0 Å². The van der Waals surface area contributed by atoms with Crippen LogP contribution in [0, 0.1) is 0 Å². The summed E-state index contributed by atoms with van der Waals surface area (Å²) in [5, 5.41) is 0. The first-order valence-corrected chi connectivity index (χ1v) is 1.54. The summed E-state index contributed by atoms with van der Waals surface area (Å²) in [5.74, 6) is 5.83. The van der Waals surface area contributed by atoms with Crippen molar-refractivity contribution < 1.29 is 50.2 Å². The Morgan fingerprint density at radius 2 is 1.33 bits per heavy atom. The van der Waals surface area contributed by atoms with Crippen LogP contribution in [0.1, 0.15) is 1.43 Å². The van der Waals surface area contributed by atoms with E-state index < -0.39 is 11.9 Å². The standard InChI is InChI=1S/C2H4N2O4.Na.H/c3-7-1(5)2(6)8-4;;/h3-4H2;;/q;+1;-1. The first-order valence-electron chi connectivity index (χ1n) is 1.54. The number of carbonyl (C=O) groups excluding carboxylic acids is 2. The summed E-state index contributed by atoms with van der Waals surface area (Å²) in [7, 11) is 0. The van der Waals surface area contributed by atoms with Gasteiger partial charge in [-0.05, 0) is 0 Å². The maximum Gasteiger partial charge on any atom is 1.00 e. The molecule has 0 unspecified atom stereocenters. The fourth-order valence-electron chi connectivity index (χ4n) is 0.0962. The molecular formula is C2H5N2NaO4. The molecule has 0 aromatic carbocycles. The van der Waals surface area contributed by atoms with E-state index in [-0.39, 0.29) is 31.0 Å². The molecule has 0 rings (SSSR count). The Bertz CT molecular complexity index is 106. The minimum absolute atomic E-state index is 0. The summed E-state index contributed by atoms with van der Waals surface area (Å²) in [6.07, 6.45) is 0. The first kappa shape index (κ1) is 11.6. The average Bonchev–Trinajstić information content (AvgIpc) is 1.84. The van der Waals surface area contributed by atoms with E-state index in [2.05, 4.69) is 21.5 Å². The van der Waals surface area contributed by atoms with Gasteiger partial charge in [-0.3, -0.25) is 0 Å². The Morgan fingerprint density at radius 3 is 1.44 bits per heavy atom. The Kier molecular flexibility index (Phi) is 7.74. The molecule has 0 aliphatic rings. The SMILES string of the molecule is NOC(=O)C(=O)ON.[H-].[Na+]. The van der Waals surface area contributed by atoms with Crippen LogP contribution in [-0.4, -0.2) is 11.9 Å². The molecule has 0 radical (unpaired) electrons. The van der Waals surface area contributed by atoms with E-state index in [0.29, 0.717) is 0 Å². The molecule has 0 amide bonds. The minimum atomic E-state index is -1.33. The van der Waals surface area contributed by atoms with Crippen molar-refractivity contribution in [2.24, 2.45) is 11.8 Å². The molecule has 0 saturated heterocycles. The van der Waals surface area contributed by atoms with E-state index in [1.54, 1.807) is 0 Å². The van der Waals surface area contributed by atoms with Crippen LogP contribution >= 0.6 is 0 Å². The molecular weight excluding hydrogens is 139 g/mol. The van der Waals surface area contributed by atoms with Gasteiger partial charge in [-0.15, -0.1) is 0 Å². The van der Waals surface area contributed by atoms with Crippen molar-refractivity contribution in [3.05, 3.63) is 0 Å². The number of nitrogens with two attached hydrogens (primary N) is 2. The fourth-order valence-corrected chi connectivity index (χ4v) is 0.0962. The predicted octanol–water partition coefficient (Wildman–Crippen LogP) is -5.06. The zero-order valence-electron chi connectivity index (χ0n) is 5.79. The molecule has 6 nitrogen and oxygen atoms in total. The second kappa shape index (κ2) is 5.99. The molecule has 0 heterocycles. The Morgan fingerprint density at radius 1 is 1.11 bits per heavy atom. The maximum atomic E-state index is 9.84. The number of rotatable bonds is 0. The third-order valence-electron chi connectivity index (χ3n) is 0.381. The van der Waals surface area contributed by atoms with Gasteiger partial charge in [0.1, 0.15) is 0 Å². The molecule has 0 aliphatic heterocycles. The van der Waals surface area contributed by atoms with Gasteiger partial charge in [-0.2, -0.15) is 11.8 Å². The maximum absolute atomic E-state index is 9.84. The van der Waals surface area contributed by atoms with Gasteiger partial charge in [-0.25, -0.2) is 9.59 Å². The third kappa shape index (κ3) is 4.37. The van der Waals surface area contributed by atoms with Crippen LogP contribution in [0.5, 0.6) is 0 Å². The Labute approximate surface area is 74.1 Å². The van der Waals surface area contributed by atoms with E-state index in [9.17, 15) is 9.59 Å². The Hall–Kier alpha value is -0.140. The average molecular weight is 144 g/mol. The summed E-state index contributed by atoms with van der Waals surface area (Å²) >= 11 is 0. The summed E-state index contributed by atoms with van der Waals surface area (Å²) in [5.41, 5.74) is 0. The summed E-state index contributed by atoms with van der Waals surface area (Å²) in [6, 6.07) is 0. The van der Waals surface area contributed by atoms with Crippen LogP contribution in [0.3, 0.4) is 0 Å². The van der Waals surface area contributed by atoms with E-state index >= 15 is 0 Å². The van der Waals surface area contributed by atoms with Gasteiger partial charge in [0.05, 0.1) is 0 Å². The second-order valence-electron chi connectivity index (χ2n) is 0.811. The molecule has 7 heteroatoms. The van der Waals surface area contributed by atoms with E-state index in [4.69, 9.17) is 0 Å². The van der Waals surface area contributed by atoms with Crippen molar-refractivity contribution in [2.75, 3.05) is 0 Å². The number of hydrogen-bond donors (Lipinski definition) is 2. The molecule has 48 valence electrons. The monoisotopic (exact) mass is 144 g/mol. The van der Waals surface area contributed by atoms with E-state index in [0.717, 1.165) is 0 Å². The van der Waals surface area contributed by atoms with Gasteiger partial charge in [0.15, 0.2) is 0 Å². The zero-order chi connectivity index (χ0) is 6.57. The van der Waals surface area contributed by atoms with Gasteiger partial charge >= 0.3 is 41.5 Å². The first-order chi connectivity index (χ1) is 3.72. The van der Waals surface area contributed by atoms with Crippen LogP contribution in [0.2, 0.25) is 0 Å². The largest absolute Gasteiger partial charge is 1.00 e. The van der Waals surface area contributed by atoms with E-state index in [1.807, 2.05) is 0 Å². The molecule has 0 saturated carbocycles. The van der Waals surface area contributed by atoms with Gasteiger partial charge in [0.2, 0.25) is 0 Å². The second-order valence-corrected chi connectivity index (χ2v) is 0.811. The molecule has 0 bridgehead atoms. The summed E-state index contributed by atoms with van der Waals surface area (Å²) in [6.45, 7) is 0. The molecule has 4 N–H and O–H groups in total. The Balaban J connectivity index is -0.000000245. The minimum Gasteiger partial charge on any atom is -1.00 e. The zero-order valence-corrected chi connectivity index (χ0v) is 6.79. The summed E-state index contributed by atoms with van der Waals surface area (Å²) in [4.78, 5) is 26.5. The van der Waals surface area contributed by atoms with Crippen LogP contribution in [0.4, 0.5) is 0 Å². The quantitative estimate of drug-likeness (QED) is 0.200.